The number of anilines is 2. The lowest BCUT2D eigenvalue weighted by atomic mass is 10.2. The Morgan fingerprint density at radius 3 is 2.91 bits per heavy atom. The number of hydrogen-bond donors (Lipinski definition) is 2. The first kappa shape index (κ1) is 20.8. The Morgan fingerprint density at radius 2 is 2.15 bits per heavy atom. The van der Waals surface area contributed by atoms with Gasteiger partial charge in [-0.2, -0.15) is 4.98 Å². The first-order valence-corrected chi connectivity index (χ1v) is 11.2. The Kier molecular flexibility index (Phi) is 5.19. The third-order valence-electron chi connectivity index (χ3n) is 5.87. The molecule has 6 rings (SSSR count). The molecule has 2 saturated heterocycles. The molecule has 4 aromatic rings. The molecule has 1 amide bonds. The van der Waals surface area contributed by atoms with E-state index in [1.54, 1.807) is 18.3 Å². The van der Waals surface area contributed by atoms with Gasteiger partial charge in [0.1, 0.15) is 12.4 Å². The fourth-order valence-corrected chi connectivity index (χ4v) is 3.97. The van der Waals surface area contributed by atoms with Crippen molar-refractivity contribution >= 4 is 28.6 Å². The Balaban J connectivity index is 1.29. The number of amides is 1. The maximum atomic E-state index is 13.0. The molecule has 34 heavy (non-hydrogen) atoms. The molecule has 0 aliphatic carbocycles. The van der Waals surface area contributed by atoms with Crippen molar-refractivity contribution in [3.05, 3.63) is 47.9 Å². The van der Waals surface area contributed by atoms with Gasteiger partial charge >= 0.3 is 0 Å². The predicted octanol–water partition coefficient (Wildman–Crippen LogP) is 2.70. The number of hydrogen-bond acceptors (Lipinski definition) is 10. The zero-order chi connectivity index (χ0) is 23.1. The normalized spacial score (nSPS) is 18.1. The summed E-state index contributed by atoms with van der Waals surface area (Å²) < 4.78 is 17.2. The maximum absolute atomic E-state index is 13.0. The van der Waals surface area contributed by atoms with Gasteiger partial charge in [0, 0.05) is 49.7 Å². The van der Waals surface area contributed by atoms with Crippen LogP contribution in [-0.4, -0.2) is 58.6 Å². The largest absolute Gasteiger partial charge is 0.444 e. The fraction of sp³-hybridized carbons (Fsp3) is 0.348. The summed E-state index contributed by atoms with van der Waals surface area (Å²) in [6.45, 7) is 5.62. The summed E-state index contributed by atoms with van der Waals surface area (Å²) in [5, 5.41) is 6.19. The molecule has 1 unspecified atom stereocenters. The van der Waals surface area contributed by atoms with Gasteiger partial charge in [0.05, 0.1) is 12.3 Å². The van der Waals surface area contributed by atoms with Crippen LogP contribution >= 0.6 is 0 Å². The zero-order valence-electron chi connectivity index (χ0n) is 18.6. The van der Waals surface area contributed by atoms with E-state index in [2.05, 4.69) is 30.5 Å². The lowest BCUT2D eigenvalue weighted by Crippen LogP contribution is -2.38. The highest BCUT2D eigenvalue weighted by atomic mass is 16.5. The van der Waals surface area contributed by atoms with Crippen LogP contribution in [0, 0.1) is 6.92 Å². The van der Waals surface area contributed by atoms with Gasteiger partial charge in [0.25, 0.3) is 5.91 Å². The summed E-state index contributed by atoms with van der Waals surface area (Å²) in [6, 6.07) is 5.39. The number of rotatable bonds is 5. The number of fused-ring (bicyclic) bond motifs is 1. The number of nitrogens with zero attached hydrogens (tertiary/aromatic N) is 5. The first-order chi connectivity index (χ1) is 16.6. The monoisotopic (exact) mass is 461 g/mol. The van der Waals surface area contributed by atoms with Crippen LogP contribution in [0.1, 0.15) is 34.6 Å². The van der Waals surface area contributed by atoms with Gasteiger partial charge < -0.3 is 29.1 Å². The van der Waals surface area contributed by atoms with Gasteiger partial charge in [-0.1, -0.05) is 0 Å². The molecule has 0 radical (unpaired) electrons. The van der Waals surface area contributed by atoms with E-state index in [-0.39, 0.29) is 11.8 Å². The SMILES string of the molecule is Cc1cc(-c2nc(C(=O)Nc3cc4oc(C5CNCCO5)nc4nc3N3CCC3)co2)ccn1. The summed E-state index contributed by atoms with van der Waals surface area (Å²) in [5.41, 5.74) is 3.26. The summed E-state index contributed by atoms with van der Waals surface area (Å²) in [4.78, 5) is 32.9. The Hall–Kier alpha value is -3.83. The van der Waals surface area contributed by atoms with E-state index < -0.39 is 5.91 Å². The Bertz CT molecular complexity index is 1350. The average Bonchev–Trinajstić information content (AvgIpc) is 3.46. The molecule has 6 heterocycles. The highest BCUT2D eigenvalue weighted by Gasteiger charge is 2.26. The van der Waals surface area contributed by atoms with Gasteiger partial charge in [-0.3, -0.25) is 9.78 Å². The molecule has 0 spiro atoms. The van der Waals surface area contributed by atoms with Crippen molar-refractivity contribution in [2.45, 2.75) is 19.4 Å². The molecule has 2 aliphatic heterocycles. The number of oxazole rings is 2. The molecule has 2 fully saturated rings. The highest BCUT2D eigenvalue weighted by Crippen LogP contribution is 2.33. The number of aryl methyl sites for hydroxylation is 1. The minimum absolute atomic E-state index is 0.166. The van der Waals surface area contributed by atoms with Crippen LogP contribution in [0.2, 0.25) is 0 Å². The quantitative estimate of drug-likeness (QED) is 0.457. The smallest absolute Gasteiger partial charge is 0.277 e. The van der Waals surface area contributed by atoms with Crippen molar-refractivity contribution in [3.8, 4) is 11.5 Å². The topological polar surface area (TPSA) is 131 Å². The highest BCUT2D eigenvalue weighted by molar-refractivity contribution is 6.05. The second-order valence-corrected chi connectivity index (χ2v) is 8.32. The minimum Gasteiger partial charge on any atom is -0.444 e. The number of nitrogens with one attached hydrogen (secondary N) is 2. The number of carbonyl (C=O) groups excluding carboxylic acids is 1. The number of morpholine rings is 1. The number of carbonyl (C=O) groups is 1. The van der Waals surface area contributed by atoms with Gasteiger partial charge in [0.2, 0.25) is 17.4 Å². The third kappa shape index (κ3) is 3.88. The number of pyridine rings is 2. The van der Waals surface area contributed by atoms with Crippen molar-refractivity contribution in [3.63, 3.8) is 0 Å². The van der Waals surface area contributed by atoms with E-state index >= 15 is 0 Å². The fourth-order valence-electron chi connectivity index (χ4n) is 3.97. The molecule has 174 valence electrons. The van der Waals surface area contributed by atoms with Crippen LogP contribution in [0.25, 0.3) is 22.7 Å². The molecular formula is C23H23N7O4. The maximum Gasteiger partial charge on any atom is 0.277 e. The van der Waals surface area contributed by atoms with Crippen LogP contribution in [0.3, 0.4) is 0 Å². The summed E-state index contributed by atoms with van der Waals surface area (Å²) in [5.74, 6) is 1.08. The lowest BCUT2D eigenvalue weighted by molar-refractivity contribution is 0.0118. The molecule has 11 nitrogen and oxygen atoms in total. The van der Waals surface area contributed by atoms with Crippen molar-refractivity contribution in [2.75, 3.05) is 43.0 Å². The van der Waals surface area contributed by atoms with E-state index in [0.717, 1.165) is 37.3 Å². The van der Waals surface area contributed by atoms with Crippen molar-refractivity contribution in [1.29, 1.82) is 0 Å². The van der Waals surface area contributed by atoms with Crippen LogP contribution in [0.5, 0.6) is 0 Å². The minimum atomic E-state index is -0.400. The molecule has 11 heteroatoms. The zero-order valence-corrected chi connectivity index (χ0v) is 18.6. The molecule has 0 saturated carbocycles. The van der Waals surface area contributed by atoms with Crippen molar-refractivity contribution < 1.29 is 18.4 Å². The molecule has 0 aromatic carbocycles. The van der Waals surface area contributed by atoms with Crippen LogP contribution < -0.4 is 15.5 Å². The second-order valence-electron chi connectivity index (χ2n) is 8.32. The number of aromatic nitrogens is 4. The van der Waals surface area contributed by atoms with E-state index in [4.69, 9.17) is 18.6 Å². The molecule has 2 aliphatic rings. The van der Waals surface area contributed by atoms with E-state index in [1.165, 1.54) is 6.26 Å². The van der Waals surface area contributed by atoms with Gasteiger partial charge in [-0.25, -0.2) is 9.97 Å². The lowest BCUT2D eigenvalue weighted by Gasteiger charge is -2.33. The van der Waals surface area contributed by atoms with Crippen molar-refractivity contribution in [1.82, 2.24) is 25.3 Å². The molecular weight excluding hydrogens is 438 g/mol. The summed E-state index contributed by atoms with van der Waals surface area (Å²) >= 11 is 0. The van der Waals surface area contributed by atoms with Gasteiger partial charge in [0.15, 0.2) is 17.1 Å². The number of ether oxygens (including phenoxy) is 1. The summed E-state index contributed by atoms with van der Waals surface area (Å²) in [6.07, 6.45) is 3.82. The predicted molar refractivity (Wildman–Crippen MR) is 123 cm³/mol. The molecule has 2 N–H and O–H groups in total. The molecule has 0 bridgehead atoms. The standard InChI is InChI=1S/C23H23N7O4/c1-13-9-14(3-4-25-13)22-27-16(12-33-22)21(31)26-15-10-17-19(28-20(15)30-6-2-7-30)29-23(34-17)18-11-24-5-8-32-18/h3-4,9-10,12,18,24H,2,5-8,11H2,1H3,(H,26,31). The van der Waals surface area contributed by atoms with Crippen LogP contribution in [-0.2, 0) is 4.74 Å². The second kappa shape index (κ2) is 8.50. The molecule has 1 atom stereocenters. The van der Waals surface area contributed by atoms with Crippen molar-refractivity contribution in [2.24, 2.45) is 0 Å². The summed E-state index contributed by atoms with van der Waals surface area (Å²) in [7, 11) is 0. The van der Waals surface area contributed by atoms with Gasteiger partial charge in [-0.05, 0) is 25.5 Å². The van der Waals surface area contributed by atoms with E-state index in [9.17, 15) is 4.79 Å². The molecule has 4 aromatic heterocycles. The third-order valence-corrected chi connectivity index (χ3v) is 5.87. The van der Waals surface area contributed by atoms with Gasteiger partial charge in [-0.15, -0.1) is 0 Å². The van der Waals surface area contributed by atoms with Crippen LogP contribution in [0.15, 0.2) is 39.5 Å². The van der Waals surface area contributed by atoms with E-state index in [1.807, 2.05) is 13.0 Å². The Labute approximate surface area is 194 Å². The first-order valence-electron chi connectivity index (χ1n) is 11.2. The van der Waals surface area contributed by atoms with Crippen LogP contribution in [0.4, 0.5) is 11.5 Å². The Morgan fingerprint density at radius 1 is 1.24 bits per heavy atom. The van der Waals surface area contributed by atoms with E-state index in [0.29, 0.717) is 47.7 Å². The average molecular weight is 461 g/mol.